The summed E-state index contributed by atoms with van der Waals surface area (Å²) >= 11 is 12.8. The fraction of sp³-hybridized carbons (Fsp3) is 0.375. The van der Waals surface area contributed by atoms with Gasteiger partial charge in [0.1, 0.15) is 17.4 Å². The van der Waals surface area contributed by atoms with Gasteiger partial charge < -0.3 is 15.3 Å². The van der Waals surface area contributed by atoms with Crippen LogP contribution in [0.3, 0.4) is 0 Å². The standard InChI is InChI=1S/C24H21Cl2F3N4O3/c1-2-17(24(27,28)29)30-22(35)14-10-33(19-15(25)4-3-5-16(19)26)21-13(20(14)34)6-7-18(31-21)32-9-12-8-23(12,36)11-32/h3-7,10,12,17,36H,2,8-9,11H2,1H3,(H,30,35)/t12?,17-,23?/m1/s1. The number of fused-ring (bicyclic) bond motifs is 2. The molecule has 1 aliphatic carbocycles. The molecule has 2 aliphatic rings. The highest BCUT2D eigenvalue weighted by Gasteiger charge is 2.59. The second kappa shape index (κ2) is 8.64. The monoisotopic (exact) mass is 540 g/mol. The van der Waals surface area contributed by atoms with Crippen molar-refractivity contribution in [3.8, 4) is 5.69 Å². The first-order chi connectivity index (χ1) is 16.9. The summed E-state index contributed by atoms with van der Waals surface area (Å²) in [5.41, 5.74) is -1.68. The maximum atomic E-state index is 13.3. The Morgan fingerprint density at radius 3 is 2.56 bits per heavy atom. The van der Waals surface area contributed by atoms with Crippen LogP contribution in [0.5, 0.6) is 0 Å². The second-order valence-electron chi connectivity index (χ2n) is 9.21. The minimum Gasteiger partial charge on any atom is -0.388 e. The van der Waals surface area contributed by atoms with Crippen molar-refractivity contribution in [1.82, 2.24) is 14.9 Å². The van der Waals surface area contributed by atoms with Crippen LogP contribution in [0.15, 0.2) is 41.3 Å². The van der Waals surface area contributed by atoms with E-state index >= 15 is 0 Å². The van der Waals surface area contributed by atoms with E-state index in [-0.39, 0.29) is 32.7 Å². The van der Waals surface area contributed by atoms with Crippen LogP contribution in [0.2, 0.25) is 10.0 Å². The van der Waals surface area contributed by atoms with Gasteiger partial charge in [-0.15, -0.1) is 0 Å². The highest BCUT2D eigenvalue weighted by atomic mass is 35.5. The van der Waals surface area contributed by atoms with Crippen LogP contribution < -0.4 is 15.6 Å². The molecule has 12 heteroatoms. The minimum absolute atomic E-state index is 0.00510. The number of benzene rings is 1. The molecule has 3 atom stereocenters. The Morgan fingerprint density at radius 2 is 1.97 bits per heavy atom. The molecule has 1 aliphatic heterocycles. The lowest BCUT2D eigenvalue weighted by molar-refractivity contribution is -0.153. The SMILES string of the molecule is CC[C@@H](NC(=O)c1cn(-c2c(Cl)cccc2Cl)c2nc(N3CC4CC4(O)C3)ccc2c1=O)C(F)(F)F. The number of nitrogens with zero attached hydrogens (tertiary/aromatic N) is 3. The normalized spacial score (nSPS) is 22.0. The van der Waals surface area contributed by atoms with Crippen molar-refractivity contribution in [3.05, 3.63) is 62.4 Å². The van der Waals surface area contributed by atoms with Gasteiger partial charge in [-0.3, -0.25) is 14.2 Å². The molecule has 3 heterocycles. The molecule has 2 fully saturated rings. The van der Waals surface area contributed by atoms with Crippen LogP contribution in [0.1, 0.15) is 30.1 Å². The van der Waals surface area contributed by atoms with Gasteiger partial charge in [0.05, 0.1) is 26.7 Å². The molecule has 7 nitrogen and oxygen atoms in total. The van der Waals surface area contributed by atoms with Crippen molar-refractivity contribution in [3.63, 3.8) is 0 Å². The number of anilines is 1. The number of piperidine rings is 1. The van der Waals surface area contributed by atoms with Crippen molar-refractivity contribution in [2.45, 2.75) is 37.6 Å². The van der Waals surface area contributed by atoms with Gasteiger partial charge in [0.2, 0.25) is 5.43 Å². The molecule has 3 aromatic rings. The number of aromatic nitrogens is 2. The molecule has 0 radical (unpaired) electrons. The van der Waals surface area contributed by atoms with E-state index in [0.717, 1.165) is 12.6 Å². The first kappa shape index (κ1) is 24.9. The van der Waals surface area contributed by atoms with Crippen LogP contribution >= 0.6 is 23.2 Å². The third-order valence-electron chi connectivity index (χ3n) is 6.80. The molecule has 1 aromatic carbocycles. The Hall–Kier alpha value is -2.82. The summed E-state index contributed by atoms with van der Waals surface area (Å²) in [4.78, 5) is 32.7. The van der Waals surface area contributed by atoms with E-state index in [0.29, 0.717) is 18.9 Å². The second-order valence-corrected chi connectivity index (χ2v) is 10.0. The summed E-state index contributed by atoms with van der Waals surface area (Å²) in [7, 11) is 0. The molecule has 1 saturated heterocycles. The predicted octanol–water partition coefficient (Wildman–Crippen LogP) is 4.33. The van der Waals surface area contributed by atoms with Crippen molar-refractivity contribution in [2.24, 2.45) is 5.92 Å². The Balaban J connectivity index is 1.67. The average Bonchev–Trinajstić information content (AvgIpc) is 3.33. The molecule has 36 heavy (non-hydrogen) atoms. The number of halogens is 5. The van der Waals surface area contributed by atoms with Crippen molar-refractivity contribution >= 4 is 46.0 Å². The number of carbonyl (C=O) groups is 1. The van der Waals surface area contributed by atoms with E-state index in [1.807, 2.05) is 10.2 Å². The number of amides is 1. The molecule has 5 rings (SSSR count). The number of para-hydroxylation sites is 1. The zero-order valence-corrected chi connectivity index (χ0v) is 20.5. The molecule has 1 saturated carbocycles. The van der Waals surface area contributed by atoms with Gasteiger partial charge in [0.25, 0.3) is 5.91 Å². The molecule has 0 bridgehead atoms. The average molecular weight is 541 g/mol. The van der Waals surface area contributed by atoms with Crippen LogP contribution in [-0.2, 0) is 0 Å². The van der Waals surface area contributed by atoms with Gasteiger partial charge in [-0.25, -0.2) is 4.98 Å². The van der Waals surface area contributed by atoms with Gasteiger partial charge in [-0.1, -0.05) is 36.2 Å². The van der Waals surface area contributed by atoms with Gasteiger partial charge in [0, 0.05) is 25.2 Å². The zero-order valence-electron chi connectivity index (χ0n) is 18.9. The largest absolute Gasteiger partial charge is 0.408 e. The lowest BCUT2D eigenvalue weighted by Gasteiger charge is -2.22. The zero-order chi connectivity index (χ0) is 26.0. The Labute approximate surface area is 213 Å². The molecular formula is C24H21Cl2F3N4O3. The summed E-state index contributed by atoms with van der Waals surface area (Å²) < 4.78 is 41.2. The smallest absolute Gasteiger partial charge is 0.388 e. The lowest BCUT2D eigenvalue weighted by atomic mass is 10.1. The van der Waals surface area contributed by atoms with Gasteiger partial charge >= 0.3 is 6.18 Å². The molecule has 2 unspecified atom stereocenters. The first-order valence-corrected chi connectivity index (χ1v) is 12.0. The van der Waals surface area contributed by atoms with Crippen LogP contribution in [0, 0.1) is 5.92 Å². The molecule has 190 valence electrons. The summed E-state index contributed by atoms with van der Waals surface area (Å²) in [6, 6.07) is 5.64. The molecule has 2 aromatic heterocycles. The van der Waals surface area contributed by atoms with Crippen LogP contribution in [0.4, 0.5) is 19.0 Å². The third-order valence-corrected chi connectivity index (χ3v) is 7.41. The number of pyridine rings is 2. The molecular weight excluding hydrogens is 520 g/mol. The van der Waals surface area contributed by atoms with Crippen LogP contribution in [-0.4, -0.2) is 51.5 Å². The number of aliphatic hydroxyl groups is 1. The van der Waals surface area contributed by atoms with E-state index in [1.54, 1.807) is 24.3 Å². The van der Waals surface area contributed by atoms with Gasteiger partial charge in [-0.05, 0) is 37.1 Å². The molecule has 2 N–H and O–H groups in total. The Kier molecular flexibility index (Phi) is 5.96. The summed E-state index contributed by atoms with van der Waals surface area (Å²) in [6.45, 7) is 2.27. The Bertz CT molecular complexity index is 1420. The number of alkyl halides is 3. The third kappa shape index (κ3) is 4.21. The van der Waals surface area contributed by atoms with E-state index in [9.17, 15) is 27.9 Å². The first-order valence-electron chi connectivity index (χ1n) is 11.3. The Morgan fingerprint density at radius 1 is 1.28 bits per heavy atom. The van der Waals surface area contributed by atoms with Crippen molar-refractivity contribution < 1.29 is 23.1 Å². The van der Waals surface area contributed by atoms with E-state index in [2.05, 4.69) is 4.98 Å². The highest BCUT2D eigenvalue weighted by molar-refractivity contribution is 6.37. The fourth-order valence-electron chi connectivity index (χ4n) is 4.70. The highest BCUT2D eigenvalue weighted by Crippen LogP contribution is 2.50. The minimum atomic E-state index is -4.68. The van der Waals surface area contributed by atoms with E-state index < -0.39 is 41.1 Å². The van der Waals surface area contributed by atoms with Crippen molar-refractivity contribution in [2.75, 3.05) is 18.0 Å². The fourth-order valence-corrected chi connectivity index (χ4v) is 5.28. The van der Waals surface area contributed by atoms with Gasteiger partial charge in [-0.2, -0.15) is 13.2 Å². The number of β-amino-alcohol motifs (C(OH)–C–C–N with tert-alkyl or cyclic N) is 1. The lowest BCUT2D eigenvalue weighted by Crippen LogP contribution is -2.46. The number of hydrogen-bond acceptors (Lipinski definition) is 5. The number of hydrogen-bond donors (Lipinski definition) is 2. The summed E-state index contributed by atoms with van der Waals surface area (Å²) in [6.07, 6.45) is -3.24. The van der Waals surface area contributed by atoms with E-state index in [1.165, 1.54) is 17.6 Å². The maximum absolute atomic E-state index is 13.3. The van der Waals surface area contributed by atoms with E-state index in [4.69, 9.17) is 23.2 Å². The summed E-state index contributed by atoms with van der Waals surface area (Å²) in [5, 5.41) is 12.7. The quantitative estimate of drug-likeness (QED) is 0.502. The van der Waals surface area contributed by atoms with Crippen molar-refractivity contribution in [1.29, 1.82) is 0 Å². The number of carbonyl (C=O) groups excluding carboxylic acids is 1. The number of rotatable bonds is 5. The topological polar surface area (TPSA) is 87.5 Å². The molecule has 1 amide bonds. The molecule has 0 spiro atoms. The summed E-state index contributed by atoms with van der Waals surface area (Å²) in [5.74, 6) is -0.518. The van der Waals surface area contributed by atoms with Crippen LogP contribution in [0.25, 0.3) is 16.7 Å². The predicted molar refractivity (Wildman–Crippen MR) is 130 cm³/mol. The maximum Gasteiger partial charge on any atom is 0.408 e. The number of nitrogens with one attached hydrogen (secondary N) is 1. The van der Waals surface area contributed by atoms with Gasteiger partial charge in [0.15, 0.2) is 5.65 Å².